The van der Waals surface area contributed by atoms with Gasteiger partial charge >= 0.3 is 0 Å². The summed E-state index contributed by atoms with van der Waals surface area (Å²) in [5.74, 6) is 0. The van der Waals surface area contributed by atoms with Crippen molar-refractivity contribution < 1.29 is 0 Å². The van der Waals surface area contributed by atoms with Crippen LogP contribution in [-0.2, 0) is 6.54 Å². The third-order valence-electron chi connectivity index (χ3n) is 4.05. The first-order valence-corrected chi connectivity index (χ1v) is 7.70. The lowest BCUT2D eigenvalue weighted by Gasteiger charge is -2.27. The first kappa shape index (κ1) is 11.9. The van der Waals surface area contributed by atoms with E-state index < -0.39 is 0 Å². The molecule has 1 saturated carbocycles. The second-order valence-electron chi connectivity index (χ2n) is 5.21. The van der Waals surface area contributed by atoms with Gasteiger partial charge in [-0.3, -0.25) is 0 Å². The van der Waals surface area contributed by atoms with Crippen LogP contribution in [0.15, 0.2) is 24.5 Å². The van der Waals surface area contributed by atoms with Gasteiger partial charge in [-0.1, -0.05) is 12.8 Å². The summed E-state index contributed by atoms with van der Waals surface area (Å²) >= 11 is 2.02. The molecule has 1 aliphatic carbocycles. The first-order chi connectivity index (χ1) is 8.72. The summed E-state index contributed by atoms with van der Waals surface area (Å²) in [6, 6.07) is 5.99. The first-order valence-electron chi connectivity index (χ1n) is 6.48. The van der Waals surface area contributed by atoms with Crippen molar-refractivity contribution in [3.63, 3.8) is 0 Å². The third kappa shape index (κ3) is 1.99. The van der Waals surface area contributed by atoms with E-state index >= 15 is 0 Å². The molecule has 18 heavy (non-hydrogen) atoms. The number of nitrogens with zero attached hydrogens (tertiary/aromatic N) is 2. The Bertz CT molecular complexity index is 555. The summed E-state index contributed by atoms with van der Waals surface area (Å²) in [5.41, 5.74) is 8.78. The topological polar surface area (TPSA) is 43.8 Å². The lowest BCUT2D eigenvalue weighted by molar-refractivity contribution is 0.513. The molecule has 0 bridgehead atoms. The van der Waals surface area contributed by atoms with E-state index in [2.05, 4.69) is 21.9 Å². The Labute approximate surface area is 112 Å². The highest BCUT2D eigenvalue weighted by atomic mass is 32.2. The summed E-state index contributed by atoms with van der Waals surface area (Å²) in [5, 5.41) is 0. The maximum atomic E-state index is 5.80. The van der Waals surface area contributed by atoms with Crippen molar-refractivity contribution in [2.75, 3.05) is 12.0 Å². The number of aromatic nitrogens is 2. The van der Waals surface area contributed by atoms with Crippen molar-refractivity contribution in [3.05, 3.63) is 24.5 Å². The average Bonchev–Trinajstić information content (AvgIpc) is 2.98. The molecule has 1 aromatic carbocycles. The van der Waals surface area contributed by atoms with Gasteiger partial charge in [0.2, 0.25) is 0 Å². The fraction of sp³-hybridized carbons (Fsp3) is 0.500. The van der Waals surface area contributed by atoms with Crippen molar-refractivity contribution in [3.8, 4) is 0 Å². The summed E-state index contributed by atoms with van der Waals surface area (Å²) in [7, 11) is 0. The number of imidazole rings is 1. The lowest BCUT2D eigenvalue weighted by Crippen LogP contribution is -2.26. The summed E-state index contributed by atoms with van der Waals surface area (Å²) in [6.45, 7) is 1.06. The van der Waals surface area contributed by atoms with Gasteiger partial charge < -0.3 is 10.3 Å². The minimum atomic E-state index is 0.412. The van der Waals surface area contributed by atoms with Crippen LogP contribution >= 0.6 is 11.8 Å². The molecule has 1 fully saturated rings. The van der Waals surface area contributed by atoms with Crippen molar-refractivity contribution >= 4 is 28.5 Å². The van der Waals surface area contributed by atoms with E-state index in [0.717, 1.165) is 17.7 Å². The van der Waals surface area contributed by atoms with Crippen LogP contribution in [0.3, 0.4) is 0 Å². The monoisotopic (exact) mass is 261 g/mol. The van der Waals surface area contributed by atoms with Gasteiger partial charge in [-0.05, 0) is 37.3 Å². The zero-order chi connectivity index (χ0) is 12.6. The number of fused-ring (bicyclic) bond motifs is 1. The molecular formula is C14H19N3S. The summed E-state index contributed by atoms with van der Waals surface area (Å²) in [4.78, 5) is 4.46. The summed E-state index contributed by atoms with van der Waals surface area (Å²) in [6.07, 6.45) is 9.56. The van der Waals surface area contributed by atoms with Gasteiger partial charge in [0, 0.05) is 17.0 Å². The van der Waals surface area contributed by atoms with Crippen molar-refractivity contribution in [1.29, 1.82) is 0 Å². The Morgan fingerprint density at radius 3 is 2.89 bits per heavy atom. The van der Waals surface area contributed by atoms with Gasteiger partial charge in [0.15, 0.2) is 0 Å². The number of rotatable bonds is 3. The summed E-state index contributed by atoms with van der Waals surface area (Å²) < 4.78 is 2.70. The number of nitrogens with two attached hydrogens (primary N) is 1. The molecule has 1 aliphatic rings. The van der Waals surface area contributed by atoms with Crippen LogP contribution in [0.5, 0.6) is 0 Å². The fourth-order valence-electron chi connectivity index (χ4n) is 2.96. The van der Waals surface area contributed by atoms with E-state index in [0.29, 0.717) is 4.75 Å². The molecular weight excluding hydrogens is 242 g/mol. The molecule has 0 unspecified atom stereocenters. The molecule has 96 valence electrons. The van der Waals surface area contributed by atoms with Crippen LogP contribution in [0.25, 0.3) is 11.0 Å². The average molecular weight is 261 g/mol. The number of thioether (sulfide) groups is 1. The molecule has 0 spiro atoms. The van der Waals surface area contributed by atoms with Crippen molar-refractivity contribution in [1.82, 2.24) is 9.55 Å². The van der Waals surface area contributed by atoms with Crippen LogP contribution < -0.4 is 5.73 Å². The van der Waals surface area contributed by atoms with Gasteiger partial charge in [0.25, 0.3) is 0 Å². The van der Waals surface area contributed by atoms with Crippen LogP contribution in [-0.4, -0.2) is 20.6 Å². The maximum absolute atomic E-state index is 5.80. The molecule has 0 saturated heterocycles. The Morgan fingerprint density at radius 1 is 1.39 bits per heavy atom. The second kappa shape index (κ2) is 4.50. The molecule has 0 amide bonds. The van der Waals surface area contributed by atoms with Crippen LogP contribution in [0, 0.1) is 0 Å². The highest BCUT2D eigenvalue weighted by Gasteiger charge is 2.33. The van der Waals surface area contributed by atoms with Crippen molar-refractivity contribution in [2.45, 2.75) is 37.0 Å². The zero-order valence-corrected chi connectivity index (χ0v) is 11.5. The van der Waals surface area contributed by atoms with E-state index in [1.54, 1.807) is 0 Å². The highest BCUT2D eigenvalue weighted by Crippen LogP contribution is 2.41. The van der Waals surface area contributed by atoms with Gasteiger partial charge in [-0.25, -0.2) is 4.98 Å². The molecule has 3 nitrogen and oxygen atoms in total. The van der Waals surface area contributed by atoms with E-state index in [1.165, 1.54) is 31.2 Å². The SMILES string of the molecule is CSC1(Cn2cnc3cc(N)ccc32)CCCC1. The van der Waals surface area contributed by atoms with Crippen LogP contribution in [0.1, 0.15) is 25.7 Å². The Kier molecular flexibility index (Phi) is 2.98. The predicted octanol–water partition coefficient (Wildman–Crippen LogP) is 3.29. The molecule has 1 heterocycles. The molecule has 3 rings (SSSR count). The Morgan fingerprint density at radius 2 is 2.17 bits per heavy atom. The van der Waals surface area contributed by atoms with Gasteiger partial charge in [-0.2, -0.15) is 11.8 Å². The number of nitrogen functional groups attached to an aromatic ring is 1. The number of hydrogen-bond acceptors (Lipinski definition) is 3. The normalized spacial score (nSPS) is 18.5. The third-order valence-corrected chi connectivity index (χ3v) is 5.45. The Hall–Kier alpha value is -1.16. The predicted molar refractivity (Wildman–Crippen MR) is 78.9 cm³/mol. The number of benzene rings is 1. The van der Waals surface area contributed by atoms with Crippen LogP contribution in [0.4, 0.5) is 5.69 Å². The molecule has 4 heteroatoms. The van der Waals surface area contributed by atoms with E-state index in [1.807, 2.05) is 30.2 Å². The minimum Gasteiger partial charge on any atom is -0.399 e. The van der Waals surface area contributed by atoms with E-state index in [9.17, 15) is 0 Å². The Balaban J connectivity index is 1.95. The van der Waals surface area contributed by atoms with Gasteiger partial charge in [-0.15, -0.1) is 0 Å². The molecule has 2 N–H and O–H groups in total. The zero-order valence-electron chi connectivity index (χ0n) is 10.7. The minimum absolute atomic E-state index is 0.412. The molecule has 2 aromatic rings. The smallest absolute Gasteiger partial charge is 0.0958 e. The second-order valence-corrected chi connectivity index (χ2v) is 6.49. The molecule has 1 aromatic heterocycles. The van der Waals surface area contributed by atoms with Crippen LogP contribution in [0.2, 0.25) is 0 Å². The van der Waals surface area contributed by atoms with Gasteiger partial charge in [0.1, 0.15) is 0 Å². The number of hydrogen-bond donors (Lipinski definition) is 1. The lowest BCUT2D eigenvalue weighted by atomic mass is 10.1. The maximum Gasteiger partial charge on any atom is 0.0958 e. The number of anilines is 1. The molecule has 0 atom stereocenters. The standard InChI is InChI=1S/C14H19N3S/c1-18-14(6-2-3-7-14)9-17-10-16-12-8-11(15)4-5-13(12)17/h4-5,8,10H,2-3,6-7,9,15H2,1H3. The quantitative estimate of drug-likeness (QED) is 0.862. The molecule has 0 radical (unpaired) electrons. The molecule has 0 aliphatic heterocycles. The fourth-order valence-corrected chi connectivity index (χ4v) is 3.93. The largest absolute Gasteiger partial charge is 0.399 e. The van der Waals surface area contributed by atoms with Crippen molar-refractivity contribution in [2.24, 2.45) is 0 Å². The van der Waals surface area contributed by atoms with E-state index in [-0.39, 0.29) is 0 Å². The van der Waals surface area contributed by atoms with Gasteiger partial charge in [0.05, 0.1) is 17.4 Å². The van der Waals surface area contributed by atoms with E-state index in [4.69, 9.17) is 5.73 Å². The highest BCUT2D eigenvalue weighted by molar-refractivity contribution is 8.00.